The maximum absolute atomic E-state index is 5.93. The minimum Gasteiger partial charge on any atom is -0.382 e. The van der Waals surface area contributed by atoms with E-state index in [4.69, 9.17) is 5.73 Å². The molecule has 0 aliphatic rings. The summed E-state index contributed by atoms with van der Waals surface area (Å²) < 4.78 is 3.92. The molecule has 0 aliphatic carbocycles. The number of aromatic nitrogens is 4. The summed E-state index contributed by atoms with van der Waals surface area (Å²) >= 11 is 1.63. The molecule has 0 atom stereocenters. The monoisotopic (exact) mass is 269 g/mol. The Morgan fingerprint density at radius 1 is 1.26 bits per heavy atom. The van der Waals surface area contributed by atoms with Gasteiger partial charge < -0.3 is 5.73 Å². The molecule has 5 nitrogen and oxygen atoms in total. The van der Waals surface area contributed by atoms with E-state index < -0.39 is 0 Å². The van der Waals surface area contributed by atoms with Crippen LogP contribution in [0.2, 0.25) is 0 Å². The third-order valence-corrected chi connectivity index (χ3v) is 3.91. The topological polar surface area (TPSA) is 61.1 Å². The van der Waals surface area contributed by atoms with Crippen LogP contribution in [0.5, 0.6) is 0 Å². The Labute approximate surface area is 112 Å². The zero-order valence-electron chi connectivity index (χ0n) is 10.0. The molecule has 3 aromatic heterocycles. The second-order valence-electron chi connectivity index (χ2n) is 4.39. The van der Waals surface area contributed by atoms with Gasteiger partial charge in [-0.05, 0) is 12.1 Å². The zero-order valence-corrected chi connectivity index (χ0v) is 10.8. The van der Waals surface area contributed by atoms with Gasteiger partial charge in [-0.1, -0.05) is 12.1 Å². The number of anilines is 1. The molecule has 0 spiro atoms. The minimum atomic E-state index is 0.566. The number of nitrogen functional groups attached to an aromatic ring is 1. The van der Waals surface area contributed by atoms with Gasteiger partial charge in [-0.15, -0.1) is 11.3 Å². The molecule has 4 aromatic rings. The molecule has 6 heteroatoms. The maximum Gasteiger partial charge on any atom is 0.193 e. The third kappa shape index (κ3) is 1.61. The number of fused-ring (bicyclic) bond motifs is 2. The van der Waals surface area contributed by atoms with Crippen LogP contribution in [0.1, 0.15) is 5.69 Å². The highest BCUT2D eigenvalue weighted by atomic mass is 32.1. The first-order valence-electron chi connectivity index (χ1n) is 5.93. The Morgan fingerprint density at radius 2 is 2.16 bits per heavy atom. The lowest BCUT2D eigenvalue weighted by atomic mass is 10.2. The Morgan fingerprint density at radius 3 is 3.05 bits per heavy atom. The smallest absolute Gasteiger partial charge is 0.193 e. The van der Waals surface area contributed by atoms with Gasteiger partial charge in [0.2, 0.25) is 0 Å². The van der Waals surface area contributed by atoms with Crippen molar-refractivity contribution in [2.75, 3.05) is 5.73 Å². The molecule has 0 unspecified atom stereocenters. The van der Waals surface area contributed by atoms with Crippen LogP contribution in [0, 0.1) is 0 Å². The SMILES string of the molecule is Nc1nn(Cc2cn3ccsc3n2)c2ccccc12. The molecule has 94 valence electrons. The van der Waals surface area contributed by atoms with Gasteiger partial charge >= 0.3 is 0 Å². The van der Waals surface area contributed by atoms with Crippen molar-refractivity contribution in [3.63, 3.8) is 0 Å². The fraction of sp³-hybridized carbons (Fsp3) is 0.0769. The van der Waals surface area contributed by atoms with Crippen molar-refractivity contribution in [3.05, 3.63) is 47.7 Å². The molecule has 0 radical (unpaired) electrons. The first kappa shape index (κ1) is 10.6. The van der Waals surface area contributed by atoms with Crippen molar-refractivity contribution in [2.24, 2.45) is 0 Å². The zero-order chi connectivity index (χ0) is 12.8. The molecular weight excluding hydrogens is 258 g/mol. The van der Waals surface area contributed by atoms with Crippen molar-refractivity contribution in [3.8, 4) is 0 Å². The molecule has 0 amide bonds. The highest BCUT2D eigenvalue weighted by Crippen LogP contribution is 2.21. The quantitative estimate of drug-likeness (QED) is 0.607. The number of benzene rings is 1. The van der Waals surface area contributed by atoms with Gasteiger partial charge in [0.1, 0.15) is 0 Å². The minimum absolute atomic E-state index is 0.566. The lowest BCUT2D eigenvalue weighted by Crippen LogP contribution is -2.02. The van der Waals surface area contributed by atoms with E-state index in [1.54, 1.807) is 11.3 Å². The number of thiazole rings is 1. The molecule has 2 N–H and O–H groups in total. The second-order valence-corrected chi connectivity index (χ2v) is 5.26. The van der Waals surface area contributed by atoms with E-state index in [0.29, 0.717) is 12.4 Å². The Kier molecular flexibility index (Phi) is 2.13. The highest BCUT2D eigenvalue weighted by molar-refractivity contribution is 7.15. The van der Waals surface area contributed by atoms with Crippen LogP contribution in [-0.2, 0) is 6.54 Å². The molecule has 1 aromatic carbocycles. The summed E-state index contributed by atoms with van der Waals surface area (Å²) in [6.45, 7) is 0.631. The first-order valence-corrected chi connectivity index (χ1v) is 6.81. The van der Waals surface area contributed by atoms with Crippen molar-refractivity contribution in [1.82, 2.24) is 19.2 Å². The largest absolute Gasteiger partial charge is 0.382 e. The van der Waals surface area contributed by atoms with E-state index >= 15 is 0 Å². The van der Waals surface area contributed by atoms with Gasteiger partial charge in [-0.2, -0.15) is 5.10 Å². The van der Waals surface area contributed by atoms with Crippen molar-refractivity contribution in [1.29, 1.82) is 0 Å². The number of nitrogens with zero attached hydrogens (tertiary/aromatic N) is 4. The molecule has 3 heterocycles. The van der Waals surface area contributed by atoms with E-state index in [0.717, 1.165) is 21.6 Å². The Bertz CT molecular complexity index is 841. The number of imidazole rings is 1. The summed E-state index contributed by atoms with van der Waals surface area (Å²) in [5.74, 6) is 0.566. The summed E-state index contributed by atoms with van der Waals surface area (Å²) in [4.78, 5) is 5.56. The van der Waals surface area contributed by atoms with Gasteiger partial charge in [0.25, 0.3) is 0 Å². The molecule has 19 heavy (non-hydrogen) atoms. The van der Waals surface area contributed by atoms with E-state index in [-0.39, 0.29) is 0 Å². The molecule has 0 aliphatic heterocycles. The summed E-state index contributed by atoms with van der Waals surface area (Å²) in [6.07, 6.45) is 4.03. The van der Waals surface area contributed by atoms with Gasteiger partial charge in [-0.3, -0.25) is 9.08 Å². The van der Waals surface area contributed by atoms with Crippen molar-refractivity contribution >= 4 is 33.0 Å². The standard InChI is InChI=1S/C13H11N5S/c14-12-10-3-1-2-4-11(10)18(16-12)8-9-7-17-5-6-19-13(17)15-9/h1-7H,8H2,(H2,14,16). The van der Waals surface area contributed by atoms with Crippen LogP contribution in [0.15, 0.2) is 42.0 Å². The van der Waals surface area contributed by atoms with Gasteiger partial charge in [-0.25, -0.2) is 4.98 Å². The van der Waals surface area contributed by atoms with E-state index in [2.05, 4.69) is 10.1 Å². The molecule has 0 fully saturated rings. The first-order chi connectivity index (χ1) is 9.31. The third-order valence-electron chi connectivity index (χ3n) is 3.14. The average molecular weight is 269 g/mol. The normalized spacial score (nSPS) is 11.6. The number of para-hydroxylation sites is 1. The van der Waals surface area contributed by atoms with Crippen LogP contribution < -0.4 is 5.73 Å². The van der Waals surface area contributed by atoms with Crippen LogP contribution in [0.25, 0.3) is 15.9 Å². The average Bonchev–Trinajstić information content (AvgIpc) is 3.05. The lowest BCUT2D eigenvalue weighted by molar-refractivity contribution is 0.704. The number of hydrogen-bond acceptors (Lipinski definition) is 4. The van der Waals surface area contributed by atoms with Crippen molar-refractivity contribution in [2.45, 2.75) is 6.54 Å². The van der Waals surface area contributed by atoms with E-state index in [1.165, 1.54) is 0 Å². The van der Waals surface area contributed by atoms with Crippen LogP contribution >= 0.6 is 11.3 Å². The maximum atomic E-state index is 5.93. The number of rotatable bonds is 2. The number of nitrogens with two attached hydrogens (primary N) is 1. The number of hydrogen-bond donors (Lipinski definition) is 1. The fourth-order valence-electron chi connectivity index (χ4n) is 2.28. The van der Waals surface area contributed by atoms with Gasteiger partial charge in [0.15, 0.2) is 10.8 Å². The molecular formula is C13H11N5S. The summed E-state index contributed by atoms with van der Waals surface area (Å²) in [6, 6.07) is 7.97. The molecule has 4 rings (SSSR count). The summed E-state index contributed by atoms with van der Waals surface area (Å²) in [5, 5.41) is 7.40. The fourth-order valence-corrected chi connectivity index (χ4v) is 3.00. The van der Waals surface area contributed by atoms with E-state index in [1.807, 2.05) is 51.1 Å². The summed E-state index contributed by atoms with van der Waals surface area (Å²) in [5.41, 5.74) is 7.95. The Hall–Kier alpha value is -2.34. The molecule has 0 bridgehead atoms. The highest BCUT2D eigenvalue weighted by Gasteiger charge is 2.09. The lowest BCUT2D eigenvalue weighted by Gasteiger charge is -1.99. The van der Waals surface area contributed by atoms with E-state index in [9.17, 15) is 0 Å². The van der Waals surface area contributed by atoms with Crippen LogP contribution in [0.4, 0.5) is 5.82 Å². The summed E-state index contributed by atoms with van der Waals surface area (Å²) in [7, 11) is 0. The Balaban J connectivity index is 1.80. The van der Waals surface area contributed by atoms with Crippen LogP contribution in [0.3, 0.4) is 0 Å². The van der Waals surface area contributed by atoms with Gasteiger partial charge in [0.05, 0.1) is 17.8 Å². The predicted molar refractivity (Wildman–Crippen MR) is 76.3 cm³/mol. The second kappa shape index (κ2) is 3.83. The molecule has 0 saturated carbocycles. The van der Waals surface area contributed by atoms with Crippen LogP contribution in [-0.4, -0.2) is 19.2 Å². The van der Waals surface area contributed by atoms with Crippen molar-refractivity contribution < 1.29 is 0 Å². The predicted octanol–water partition coefficient (Wildman–Crippen LogP) is 2.38. The van der Waals surface area contributed by atoms with Gasteiger partial charge in [0, 0.05) is 23.2 Å². The molecule has 0 saturated heterocycles.